The van der Waals surface area contributed by atoms with Gasteiger partial charge in [-0.15, -0.1) is 0 Å². The van der Waals surface area contributed by atoms with Crippen LogP contribution in [0.15, 0.2) is 0 Å². The van der Waals surface area contributed by atoms with Gasteiger partial charge in [-0.05, 0) is 62.9 Å². The Labute approximate surface area is 148 Å². The highest BCUT2D eigenvalue weighted by atomic mass is 16.2. The number of likely N-dealkylation sites (tertiary alicyclic amines) is 1. The largest absolute Gasteiger partial charge is 0.351 e. The molecule has 3 N–H and O–H groups in total. The molecule has 2 unspecified atom stereocenters. The molecule has 0 aromatic carbocycles. The number of urea groups is 1. The zero-order valence-electron chi connectivity index (χ0n) is 15.9. The Hall–Kier alpha value is -0.770. The van der Waals surface area contributed by atoms with Crippen LogP contribution < -0.4 is 11.1 Å². The summed E-state index contributed by atoms with van der Waals surface area (Å²) in [5.41, 5.74) is 5.69. The van der Waals surface area contributed by atoms with Crippen LogP contribution in [0, 0.1) is 17.8 Å². The summed E-state index contributed by atoms with van der Waals surface area (Å²) in [6.45, 7) is 7.53. The normalized spacial score (nSPS) is 24.3. The lowest BCUT2D eigenvalue weighted by molar-refractivity contribution is 0.107. The third-order valence-electron chi connectivity index (χ3n) is 6.04. The standard InChI is InChI=1S/C20H39N3O/c1-16(2)11-12-22-15-18(14-17-8-4-3-5-9-17)19-10-6-7-13-23(19)20(21)24/h16-19,22H,3-15H2,1-2H3,(H2,21,24). The van der Waals surface area contributed by atoms with Crippen molar-refractivity contribution in [3.05, 3.63) is 0 Å². The van der Waals surface area contributed by atoms with Crippen molar-refractivity contribution < 1.29 is 4.79 Å². The van der Waals surface area contributed by atoms with Gasteiger partial charge in [-0.2, -0.15) is 0 Å². The third kappa shape index (κ3) is 6.27. The molecule has 1 heterocycles. The molecular formula is C20H39N3O. The molecule has 2 atom stereocenters. The van der Waals surface area contributed by atoms with Gasteiger partial charge >= 0.3 is 6.03 Å². The number of rotatable bonds is 8. The second-order valence-corrected chi connectivity index (χ2v) is 8.48. The lowest BCUT2D eigenvalue weighted by Crippen LogP contribution is -2.52. The first-order chi connectivity index (χ1) is 11.6. The maximum Gasteiger partial charge on any atom is 0.315 e. The molecule has 1 saturated heterocycles. The van der Waals surface area contributed by atoms with E-state index in [4.69, 9.17) is 5.73 Å². The van der Waals surface area contributed by atoms with Crippen LogP contribution in [-0.4, -0.2) is 36.6 Å². The van der Waals surface area contributed by atoms with E-state index in [9.17, 15) is 4.79 Å². The quantitative estimate of drug-likeness (QED) is 0.654. The number of nitrogens with one attached hydrogen (secondary N) is 1. The molecule has 1 saturated carbocycles. The molecule has 0 aromatic heterocycles. The first-order valence-electron chi connectivity index (χ1n) is 10.3. The van der Waals surface area contributed by atoms with Gasteiger partial charge in [0.15, 0.2) is 0 Å². The molecule has 4 nitrogen and oxygen atoms in total. The van der Waals surface area contributed by atoms with Crippen LogP contribution in [0.2, 0.25) is 0 Å². The molecule has 0 bridgehead atoms. The van der Waals surface area contributed by atoms with Crippen molar-refractivity contribution in [2.24, 2.45) is 23.5 Å². The minimum absolute atomic E-state index is 0.212. The second kappa shape index (κ2) is 10.3. The van der Waals surface area contributed by atoms with Gasteiger partial charge in [0.1, 0.15) is 0 Å². The second-order valence-electron chi connectivity index (χ2n) is 8.48. The van der Waals surface area contributed by atoms with E-state index >= 15 is 0 Å². The summed E-state index contributed by atoms with van der Waals surface area (Å²) in [4.78, 5) is 13.9. The molecule has 2 rings (SSSR count). The SMILES string of the molecule is CC(C)CCNCC(CC1CCCCC1)C1CCCCN1C(N)=O. The van der Waals surface area contributed by atoms with Gasteiger partial charge in [0, 0.05) is 12.6 Å². The van der Waals surface area contributed by atoms with Crippen LogP contribution in [0.1, 0.15) is 78.1 Å². The van der Waals surface area contributed by atoms with E-state index in [1.54, 1.807) is 0 Å². The van der Waals surface area contributed by atoms with Gasteiger partial charge < -0.3 is 16.0 Å². The highest BCUT2D eigenvalue weighted by Gasteiger charge is 2.33. The zero-order chi connectivity index (χ0) is 17.4. The molecule has 4 heteroatoms. The smallest absolute Gasteiger partial charge is 0.315 e. The predicted octanol–water partition coefficient (Wildman–Crippen LogP) is 4.14. The van der Waals surface area contributed by atoms with Crippen LogP contribution in [0.4, 0.5) is 4.79 Å². The van der Waals surface area contributed by atoms with Crippen molar-refractivity contribution in [1.82, 2.24) is 10.2 Å². The highest BCUT2D eigenvalue weighted by Crippen LogP contribution is 2.33. The number of primary amides is 1. The van der Waals surface area contributed by atoms with Gasteiger partial charge in [-0.1, -0.05) is 46.0 Å². The van der Waals surface area contributed by atoms with Gasteiger partial charge in [0.05, 0.1) is 0 Å². The molecule has 2 amide bonds. The van der Waals surface area contributed by atoms with Gasteiger partial charge in [-0.25, -0.2) is 4.79 Å². The van der Waals surface area contributed by atoms with Gasteiger partial charge in [0.2, 0.25) is 0 Å². The third-order valence-corrected chi connectivity index (χ3v) is 6.04. The number of piperidine rings is 1. The molecule has 2 aliphatic rings. The van der Waals surface area contributed by atoms with Crippen molar-refractivity contribution in [3.63, 3.8) is 0 Å². The number of hydrogen-bond donors (Lipinski definition) is 2. The molecule has 1 aliphatic carbocycles. The average Bonchev–Trinajstić information content (AvgIpc) is 2.58. The first-order valence-corrected chi connectivity index (χ1v) is 10.3. The number of nitrogens with zero attached hydrogens (tertiary/aromatic N) is 1. The van der Waals surface area contributed by atoms with Crippen molar-refractivity contribution in [3.8, 4) is 0 Å². The van der Waals surface area contributed by atoms with Crippen molar-refractivity contribution in [2.45, 2.75) is 84.1 Å². The topological polar surface area (TPSA) is 58.4 Å². The van der Waals surface area contributed by atoms with Crippen molar-refractivity contribution >= 4 is 6.03 Å². The Morgan fingerprint density at radius 2 is 1.83 bits per heavy atom. The summed E-state index contributed by atoms with van der Waals surface area (Å²) in [5, 5.41) is 3.68. The molecule has 140 valence electrons. The van der Waals surface area contributed by atoms with E-state index in [0.717, 1.165) is 44.3 Å². The van der Waals surface area contributed by atoms with Crippen LogP contribution in [0.3, 0.4) is 0 Å². The summed E-state index contributed by atoms with van der Waals surface area (Å²) in [6, 6.07) is 0.139. The summed E-state index contributed by atoms with van der Waals surface area (Å²) in [7, 11) is 0. The summed E-state index contributed by atoms with van der Waals surface area (Å²) < 4.78 is 0. The van der Waals surface area contributed by atoms with E-state index in [2.05, 4.69) is 19.2 Å². The number of nitrogens with two attached hydrogens (primary N) is 1. The molecule has 0 radical (unpaired) electrons. The van der Waals surface area contributed by atoms with Crippen LogP contribution >= 0.6 is 0 Å². The van der Waals surface area contributed by atoms with Gasteiger partial charge in [0.25, 0.3) is 0 Å². The van der Waals surface area contributed by atoms with E-state index in [-0.39, 0.29) is 6.03 Å². The summed E-state index contributed by atoms with van der Waals surface area (Å²) in [6.07, 6.45) is 12.9. The molecule has 0 aromatic rings. The Bertz CT molecular complexity index is 366. The lowest BCUT2D eigenvalue weighted by atomic mass is 9.78. The van der Waals surface area contributed by atoms with Crippen LogP contribution in [0.5, 0.6) is 0 Å². The Morgan fingerprint density at radius 3 is 2.50 bits per heavy atom. The predicted molar refractivity (Wildman–Crippen MR) is 101 cm³/mol. The van der Waals surface area contributed by atoms with Gasteiger partial charge in [-0.3, -0.25) is 0 Å². The zero-order valence-corrected chi connectivity index (χ0v) is 15.9. The minimum Gasteiger partial charge on any atom is -0.351 e. The molecular weight excluding hydrogens is 298 g/mol. The Kier molecular flexibility index (Phi) is 8.37. The number of carbonyl (C=O) groups is 1. The fourth-order valence-corrected chi connectivity index (χ4v) is 4.63. The lowest BCUT2D eigenvalue weighted by Gasteiger charge is -2.41. The Balaban J connectivity index is 1.95. The van der Waals surface area contributed by atoms with Crippen LogP contribution in [-0.2, 0) is 0 Å². The summed E-state index contributed by atoms with van der Waals surface area (Å²) >= 11 is 0. The minimum atomic E-state index is -0.212. The fourth-order valence-electron chi connectivity index (χ4n) is 4.63. The van der Waals surface area contributed by atoms with Crippen molar-refractivity contribution in [2.75, 3.05) is 19.6 Å². The monoisotopic (exact) mass is 337 g/mol. The van der Waals surface area contributed by atoms with Crippen LogP contribution in [0.25, 0.3) is 0 Å². The molecule has 1 aliphatic heterocycles. The maximum atomic E-state index is 11.9. The number of amides is 2. The van der Waals surface area contributed by atoms with E-state index in [1.807, 2.05) is 4.90 Å². The number of carbonyl (C=O) groups excluding carboxylic acids is 1. The molecule has 24 heavy (non-hydrogen) atoms. The molecule has 2 fully saturated rings. The number of hydrogen-bond acceptors (Lipinski definition) is 2. The molecule has 0 spiro atoms. The highest BCUT2D eigenvalue weighted by molar-refractivity contribution is 5.72. The first kappa shape index (κ1) is 19.6. The maximum absolute atomic E-state index is 11.9. The average molecular weight is 338 g/mol. The van der Waals surface area contributed by atoms with Crippen molar-refractivity contribution in [1.29, 1.82) is 0 Å². The van der Waals surface area contributed by atoms with E-state index < -0.39 is 0 Å². The fraction of sp³-hybridized carbons (Fsp3) is 0.950. The summed E-state index contributed by atoms with van der Waals surface area (Å²) in [5.74, 6) is 2.16. The van der Waals surface area contributed by atoms with E-state index in [1.165, 1.54) is 51.4 Å². The van der Waals surface area contributed by atoms with E-state index in [0.29, 0.717) is 12.0 Å². The Morgan fingerprint density at radius 1 is 1.12 bits per heavy atom.